The molecule has 8 heteroatoms. The molecule has 0 amide bonds. The van der Waals surface area contributed by atoms with Gasteiger partial charge in [-0.15, -0.1) is 0 Å². The van der Waals surface area contributed by atoms with Gasteiger partial charge in [-0.1, -0.05) is 6.07 Å². The first-order chi connectivity index (χ1) is 12.3. The maximum Gasteiger partial charge on any atom is 0.366 e. The molecule has 0 saturated carbocycles. The maximum atomic E-state index is 14.7. The van der Waals surface area contributed by atoms with E-state index in [-0.39, 0.29) is 30.3 Å². The molecule has 2 aromatic rings. The van der Waals surface area contributed by atoms with Gasteiger partial charge in [-0.3, -0.25) is 4.79 Å². The first-order valence-corrected chi connectivity index (χ1v) is 7.75. The topological polar surface area (TPSA) is 44.8 Å². The van der Waals surface area contributed by atoms with Crippen molar-refractivity contribution in [3.05, 3.63) is 58.7 Å². The number of rotatable bonds is 2. The zero-order chi connectivity index (χ0) is 18.7. The Bertz CT molecular complexity index is 899. The smallest absolute Gasteiger partial charge is 0.366 e. The van der Waals surface area contributed by atoms with Crippen LogP contribution in [0.1, 0.15) is 21.5 Å². The van der Waals surface area contributed by atoms with Gasteiger partial charge in [-0.05, 0) is 18.6 Å². The minimum Gasteiger partial charge on any atom is -0.456 e. The van der Waals surface area contributed by atoms with Crippen molar-refractivity contribution in [2.75, 3.05) is 13.2 Å². The second kappa shape index (κ2) is 5.52. The Kier molecular flexibility index (Phi) is 3.61. The Morgan fingerprint density at radius 1 is 1.04 bits per heavy atom. The average Bonchev–Trinajstić information content (AvgIpc) is 3.10. The normalized spacial score (nSPS) is 19.8. The van der Waals surface area contributed by atoms with E-state index < -0.39 is 34.7 Å². The number of ketones is 1. The molecule has 4 nitrogen and oxygen atoms in total. The molecule has 0 unspecified atom stereocenters. The van der Waals surface area contributed by atoms with E-state index in [9.17, 15) is 22.4 Å². The van der Waals surface area contributed by atoms with E-state index in [0.717, 1.165) is 12.1 Å². The lowest BCUT2D eigenvalue weighted by Crippen LogP contribution is -2.46. The number of Topliss-reactive ketones (excluding diaryl/α,β-unsaturated/α-hetero) is 1. The van der Waals surface area contributed by atoms with Gasteiger partial charge in [0.25, 0.3) is 5.79 Å². The third kappa shape index (κ3) is 2.18. The van der Waals surface area contributed by atoms with Crippen molar-refractivity contribution < 1.29 is 36.6 Å². The third-order valence-corrected chi connectivity index (χ3v) is 4.39. The van der Waals surface area contributed by atoms with Crippen LogP contribution >= 0.6 is 0 Å². The van der Waals surface area contributed by atoms with E-state index in [1.807, 2.05) is 0 Å². The van der Waals surface area contributed by atoms with Crippen LogP contribution in [0.2, 0.25) is 0 Å². The second-order valence-electron chi connectivity index (χ2n) is 6.05. The Balaban J connectivity index is 1.88. The van der Waals surface area contributed by atoms with Crippen molar-refractivity contribution in [2.24, 2.45) is 0 Å². The fraction of sp³-hybridized carbons (Fsp3) is 0.278. The standard InChI is InChI=1S/C18H12F4O4/c1-9-2-3-13(26-12-7-10(19)6-11(20)8-12)14-15(9)18(24-4-5-25-18)17(21,22)16(14)23/h2-3,6-8H,4-5H2,1H3. The van der Waals surface area contributed by atoms with Gasteiger partial charge in [0.15, 0.2) is 0 Å². The molecule has 0 N–H and O–H groups in total. The van der Waals surface area contributed by atoms with Gasteiger partial charge in [-0.2, -0.15) is 8.78 Å². The number of hydrogen-bond acceptors (Lipinski definition) is 4. The molecule has 2 aromatic carbocycles. The summed E-state index contributed by atoms with van der Waals surface area (Å²) in [5.74, 6) is -10.3. The van der Waals surface area contributed by atoms with Crippen LogP contribution in [-0.2, 0) is 15.3 Å². The fourth-order valence-electron chi connectivity index (χ4n) is 3.34. The van der Waals surface area contributed by atoms with Crippen LogP contribution in [0.4, 0.5) is 17.6 Å². The molecule has 1 saturated heterocycles. The summed E-state index contributed by atoms with van der Waals surface area (Å²) in [5.41, 5.74) is -0.189. The molecular weight excluding hydrogens is 356 g/mol. The minimum atomic E-state index is -3.96. The van der Waals surface area contributed by atoms with Crippen molar-refractivity contribution in [2.45, 2.75) is 18.6 Å². The van der Waals surface area contributed by atoms with Crippen molar-refractivity contribution in [1.82, 2.24) is 0 Å². The summed E-state index contributed by atoms with van der Waals surface area (Å²) in [6, 6.07) is 5.14. The summed E-state index contributed by atoms with van der Waals surface area (Å²) in [7, 11) is 0. The van der Waals surface area contributed by atoms with Crippen molar-refractivity contribution in [3.8, 4) is 11.5 Å². The van der Waals surface area contributed by atoms with E-state index in [1.54, 1.807) is 0 Å². The van der Waals surface area contributed by atoms with E-state index in [2.05, 4.69) is 0 Å². The van der Waals surface area contributed by atoms with Gasteiger partial charge in [0.2, 0.25) is 5.78 Å². The van der Waals surface area contributed by atoms with Crippen LogP contribution in [0.25, 0.3) is 0 Å². The van der Waals surface area contributed by atoms with Gasteiger partial charge in [0.05, 0.1) is 18.8 Å². The van der Waals surface area contributed by atoms with E-state index in [4.69, 9.17) is 14.2 Å². The number of hydrogen-bond donors (Lipinski definition) is 0. The highest BCUT2D eigenvalue weighted by atomic mass is 19.3. The number of fused-ring (bicyclic) bond motifs is 2. The van der Waals surface area contributed by atoms with Gasteiger partial charge < -0.3 is 14.2 Å². The van der Waals surface area contributed by atoms with E-state index >= 15 is 0 Å². The molecule has 1 fully saturated rings. The molecule has 26 heavy (non-hydrogen) atoms. The van der Waals surface area contributed by atoms with E-state index in [1.165, 1.54) is 19.1 Å². The number of alkyl halides is 2. The summed E-state index contributed by atoms with van der Waals surface area (Å²) in [4.78, 5) is 12.4. The minimum absolute atomic E-state index is 0.0953. The third-order valence-electron chi connectivity index (χ3n) is 4.39. The van der Waals surface area contributed by atoms with Gasteiger partial charge in [-0.25, -0.2) is 8.78 Å². The fourth-order valence-corrected chi connectivity index (χ4v) is 3.34. The molecule has 0 aromatic heterocycles. The summed E-state index contributed by atoms with van der Waals surface area (Å²) in [6.07, 6.45) is 0. The second-order valence-corrected chi connectivity index (χ2v) is 6.05. The summed E-state index contributed by atoms with van der Waals surface area (Å²) in [6.45, 7) is 1.34. The molecule has 0 radical (unpaired) electrons. The highest BCUT2D eigenvalue weighted by Gasteiger charge is 2.71. The molecule has 4 rings (SSSR count). The number of carbonyl (C=O) groups excluding carboxylic acids is 1. The van der Waals surface area contributed by atoms with Crippen LogP contribution < -0.4 is 4.74 Å². The number of ether oxygens (including phenoxy) is 3. The van der Waals surface area contributed by atoms with Gasteiger partial charge >= 0.3 is 5.92 Å². The Labute approximate surface area is 145 Å². The van der Waals surface area contributed by atoms with Crippen molar-refractivity contribution in [1.29, 1.82) is 0 Å². The summed E-state index contributed by atoms with van der Waals surface area (Å²) < 4.78 is 71.9. The highest BCUT2D eigenvalue weighted by molar-refractivity contribution is 6.09. The zero-order valence-corrected chi connectivity index (χ0v) is 13.4. The number of aryl methyl sites for hydroxylation is 1. The van der Waals surface area contributed by atoms with Gasteiger partial charge in [0, 0.05) is 23.8 Å². The zero-order valence-electron chi connectivity index (χ0n) is 13.4. The Morgan fingerprint density at radius 2 is 1.65 bits per heavy atom. The number of benzene rings is 2. The lowest BCUT2D eigenvalue weighted by atomic mass is 9.99. The monoisotopic (exact) mass is 368 g/mol. The number of halogens is 4. The summed E-state index contributed by atoms with van der Waals surface area (Å²) in [5, 5.41) is 0. The average molecular weight is 368 g/mol. The molecule has 136 valence electrons. The molecule has 0 atom stereocenters. The Morgan fingerprint density at radius 3 is 2.27 bits per heavy atom. The molecule has 1 aliphatic carbocycles. The first kappa shape index (κ1) is 17.0. The summed E-state index contributed by atoms with van der Waals surface area (Å²) >= 11 is 0. The van der Waals surface area contributed by atoms with E-state index in [0.29, 0.717) is 11.6 Å². The largest absolute Gasteiger partial charge is 0.456 e. The van der Waals surface area contributed by atoms with Crippen LogP contribution in [0.3, 0.4) is 0 Å². The molecular formula is C18H12F4O4. The van der Waals surface area contributed by atoms with Crippen LogP contribution in [-0.4, -0.2) is 24.9 Å². The lowest BCUT2D eigenvalue weighted by molar-refractivity contribution is -0.270. The quantitative estimate of drug-likeness (QED) is 0.749. The van der Waals surface area contributed by atoms with Crippen LogP contribution in [0.15, 0.2) is 30.3 Å². The molecule has 1 spiro atoms. The highest BCUT2D eigenvalue weighted by Crippen LogP contribution is 2.56. The maximum absolute atomic E-state index is 14.7. The predicted octanol–water partition coefficient (Wildman–Crippen LogP) is 4.10. The first-order valence-electron chi connectivity index (χ1n) is 7.75. The Hall–Kier alpha value is -2.45. The lowest BCUT2D eigenvalue weighted by Gasteiger charge is -2.29. The van der Waals surface area contributed by atoms with Crippen molar-refractivity contribution >= 4 is 5.78 Å². The SMILES string of the molecule is Cc1ccc(Oc2cc(F)cc(F)c2)c2c1C1(OCCO1)C(F)(F)C2=O. The van der Waals surface area contributed by atoms with Crippen LogP contribution in [0, 0.1) is 18.6 Å². The van der Waals surface area contributed by atoms with Gasteiger partial charge in [0.1, 0.15) is 23.1 Å². The van der Waals surface area contributed by atoms with Crippen molar-refractivity contribution in [3.63, 3.8) is 0 Å². The molecule has 2 aliphatic rings. The molecule has 0 bridgehead atoms. The predicted molar refractivity (Wildman–Crippen MR) is 80.5 cm³/mol. The number of carbonyl (C=O) groups is 1. The van der Waals surface area contributed by atoms with Crippen LogP contribution in [0.5, 0.6) is 11.5 Å². The molecule has 1 aliphatic heterocycles. The molecule has 1 heterocycles.